The van der Waals surface area contributed by atoms with Gasteiger partial charge in [0.15, 0.2) is 0 Å². The molecule has 1 fully saturated rings. The minimum absolute atomic E-state index is 0.321. The van der Waals surface area contributed by atoms with Gasteiger partial charge in [-0.1, -0.05) is 6.92 Å². The lowest BCUT2D eigenvalue weighted by Gasteiger charge is -2.49. The Kier molecular flexibility index (Phi) is 4.66. The van der Waals surface area contributed by atoms with E-state index in [-0.39, 0.29) is 0 Å². The quantitative estimate of drug-likeness (QED) is 0.863. The Morgan fingerprint density at radius 1 is 1.25 bits per heavy atom. The lowest BCUT2D eigenvalue weighted by Crippen LogP contribution is -2.56. The smallest absolute Gasteiger partial charge is 0.128 e. The maximum Gasteiger partial charge on any atom is 0.128 e. The first-order valence-corrected chi connectivity index (χ1v) is 7.59. The van der Waals surface area contributed by atoms with Crippen LogP contribution in [0.15, 0.2) is 12.1 Å². The minimum atomic E-state index is 0.321. The third kappa shape index (κ3) is 2.96. The maximum atomic E-state index is 5.80. The second-order valence-corrected chi connectivity index (χ2v) is 6.21. The van der Waals surface area contributed by atoms with Crippen LogP contribution in [0.2, 0.25) is 0 Å². The van der Waals surface area contributed by atoms with E-state index in [0.717, 1.165) is 24.5 Å². The highest BCUT2D eigenvalue weighted by molar-refractivity contribution is 5.43. The fourth-order valence-electron chi connectivity index (χ4n) is 2.98. The first kappa shape index (κ1) is 15.3. The van der Waals surface area contributed by atoms with Gasteiger partial charge in [-0.05, 0) is 57.5 Å². The molecule has 0 unspecified atom stereocenters. The zero-order valence-electron chi connectivity index (χ0n) is 13.3. The van der Waals surface area contributed by atoms with Crippen LogP contribution in [-0.4, -0.2) is 43.1 Å². The molecule has 1 aliphatic rings. The molecular weight excluding hydrogens is 248 g/mol. The van der Waals surface area contributed by atoms with Gasteiger partial charge in [0.05, 0.1) is 0 Å². The maximum absolute atomic E-state index is 5.80. The van der Waals surface area contributed by atoms with Crippen LogP contribution in [0.25, 0.3) is 0 Å². The predicted molar refractivity (Wildman–Crippen MR) is 85.0 cm³/mol. The predicted octanol–water partition coefficient (Wildman–Crippen LogP) is 2.02. The van der Waals surface area contributed by atoms with E-state index in [1.807, 2.05) is 0 Å². The number of rotatable bonds is 6. The Morgan fingerprint density at radius 3 is 2.40 bits per heavy atom. The van der Waals surface area contributed by atoms with E-state index in [9.17, 15) is 0 Å². The molecule has 1 heterocycles. The molecule has 0 spiro atoms. The van der Waals surface area contributed by atoms with Crippen molar-refractivity contribution in [1.29, 1.82) is 0 Å². The van der Waals surface area contributed by atoms with E-state index >= 15 is 0 Å². The molecule has 112 valence electrons. The number of likely N-dealkylation sites (N-methyl/N-ethyl adjacent to an activating group) is 2. The van der Waals surface area contributed by atoms with Gasteiger partial charge in [0.1, 0.15) is 5.82 Å². The average molecular weight is 276 g/mol. The average Bonchev–Trinajstić information content (AvgIpc) is 2.41. The highest BCUT2D eigenvalue weighted by Gasteiger charge is 2.40. The van der Waals surface area contributed by atoms with Gasteiger partial charge in [0.25, 0.3) is 0 Å². The summed E-state index contributed by atoms with van der Waals surface area (Å²) in [6.07, 6.45) is 4.85. The number of nitrogens with two attached hydrogens (primary N) is 1. The molecule has 20 heavy (non-hydrogen) atoms. The fourth-order valence-corrected chi connectivity index (χ4v) is 2.98. The molecule has 1 aliphatic carbocycles. The lowest BCUT2D eigenvalue weighted by molar-refractivity contribution is 0.0682. The number of nitrogens with zero attached hydrogens (tertiary/aromatic N) is 3. The molecule has 0 aliphatic heterocycles. The van der Waals surface area contributed by atoms with Gasteiger partial charge in [-0.25, -0.2) is 4.98 Å². The van der Waals surface area contributed by atoms with Gasteiger partial charge in [-0.2, -0.15) is 0 Å². The zero-order valence-corrected chi connectivity index (χ0v) is 13.3. The molecule has 0 aromatic carbocycles. The van der Waals surface area contributed by atoms with Crippen molar-refractivity contribution in [1.82, 2.24) is 9.88 Å². The van der Waals surface area contributed by atoms with Crippen molar-refractivity contribution in [2.75, 3.05) is 32.6 Å². The largest absolute Gasteiger partial charge is 0.358 e. The Labute approximate surface area is 123 Å². The van der Waals surface area contributed by atoms with Gasteiger partial charge in [-0.3, -0.25) is 0 Å². The number of pyridine rings is 1. The summed E-state index contributed by atoms with van der Waals surface area (Å²) in [7, 11) is 6.52. The molecule has 4 heteroatoms. The van der Waals surface area contributed by atoms with Crippen molar-refractivity contribution in [3.05, 3.63) is 23.4 Å². The summed E-state index contributed by atoms with van der Waals surface area (Å²) in [6.45, 7) is 3.75. The third-order valence-electron chi connectivity index (χ3n) is 4.68. The fraction of sp³-hybridized carbons (Fsp3) is 0.688. The Balaban J connectivity index is 2.18. The van der Waals surface area contributed by atoms with Crippen LogP contribution >= 0.6 is 0 Å². The second-order valence-electron chi connectivity index (χ2n) is 6.21. The Bertz CT molecular complexity index is 430. The topological polar surface area (TPSA) is 45.4 Å². The third-order valence-corrected chi connectivity index (χ3v) is 4.68. The van der Waals surface area contributed by atoms with Crippen LogP contribution in [0.1, 0.15) is 37.4 Å². The van der Waals surface area contributed by atoms with E-state index in [1.54, 1.807) is 0 Å². The van der Waals surface area contributed by atoms with E-state index in [2.05, 4.69) is 50.0 Å². The first-order chi connectivity index (χ1) is 9.50. The molecular formula is C16H28N4. The molecule has 4 nitrogen and oxygen atoms in total. The van der Waals surface area contributed by atoms with Crippen molar-refractivity contribution in [3.63, 3.8) is 0 Å². The number of hydrogen-bond acceptors (Lipinski definition) is 4. The molecule has 1 aromatic heterocycles. The van der Waals surface area contributed by atoms with E-state index in [0.29, 0.717) is 12.1 Å². The standard InChI is InChI=1S/C16H28N4/c1-5-14-9-13(11-17)10-15(18-14)20(4)12-16(19(2)3)7-6-8-16/h9-10H,5-8,11-12,17H2,1-4H3. The Hall–Kier alpha value is -1.13. The first-order valence-electron chi connectivity index (χ1n) is 7.59. The van der Waals surface area contributed by atoms with Crippen LogP contribution in [0.3, 0.4) is 0 Å². The normalized spacial score (nSPS) is 17.1. The summed E-state index contributed by atoms with van der Waals surface area (Å²) < 4.78 is 0. The van der Waals surface area contributed by atoms with E-state index < -0.39 is 0 Å². The summed E-state index contributed by atoms with van der Waals surface area (Å²) >= 11 is 0. The van der Waals surface area contributed by atoms with Gasteiger partial charge in [0, 0.05) is 31.4 Å². The lowest BCUT2D eigenvalue weighted by atomic mass is 9.75. The van der Waals surface area contributed by atoms with Crippen LogP contribution in [-0.2, 0) is 13.0 Å². The van der Waals surface area contributed by atoms with Gasteiger partial charge >= 0.3 is 0 Å². The zero-order chi connectivity index (χ0) is 14.8. The van der Waals surface area contributed by atoms with Crippen molar-refractivity contribution >= 4 is 5.82 Å². The number of aromatic nitrogens is 1. The van der Waals surface area contributed by atoms with Crippen LogP contribution < -0.4 is 10.6 Å². The van der Waals surface area contributed by atoms with Gasteiger partial charge < -0.3 is 15.5 Å². The summed E-state index contributed by atoms with van der Waals surface area (Å²) in [5, 5.41) is 0. The van der Waals surface area contributed by atoms with Gasteiger partial charge in [-0.15, -0.1) is 0 Å². The van der Waals surface area contributed by atoms with Crippen molar-refractivity contribution in [3.8, 4) is 0 Å². The van der Waals surface area contributed by atoms with E-state index in [1.165, 1.54) is 24.8 Å². The highest BCUT2D eigenvalue weighted by atomic mass is 15.2. The van der Waals surface area contributed by atoms with Crippen LogP contribution in [0.4, 0.5) is 5.82 Å². The van der Waals surface area contributed by atoms with Gasteiger partial charge in [0.2, 0.25) is 0 Å². The summed E-state index contributed by atoms with van der Waals surface area (Å²) in [5.74, 6) is 1.05. The minimum Gasteiger partial charge on any atom is -0.358 e. The molecule has 0 atom stereocenters. The second kappa shape index (κ2) is 6.10. The summed E-state index contributed by atoms with van der Waals surface area (Å²) in [5.41, 5.74) is 8.42. The number of anilines is 1. The molecule has 0 bridgehead atoms. The molecule has 0 amide bonds. The molecule has 0 radical (unpaired) electrons. The SMILES string of the molecule is CCc1cc(CN)cc(N(C)CC2(N(C)C)CCC2)n1. The van der Waals surface area contributed by atoms with Crippen molar-refractivity contribution < 1.29 is 0 Å². The van der Waals surface area contributed by atoms with Crippen molar-refractivity contribution in [2.45, 2.75) is 44.7 Å². The number of hydrogen-bond donors (Lipinski definition) is 1. The molecule has 1 saturated carbocycles. The molecule has 2 rings (SSSR count). The molecule has 2 N–H and O–H groups in total. The van der Waals surface area contributed by atoms with Crippen molar-refractivity contribution in [2.24, 2.45) is 5.73 Å². The molecule has 1 aromatic rings. The molecule has 0 saturated heterocycles. The number of aryl methyl sites for hydroxylation is 1. The highest BCUT2D eigenvalue weighted by Crippen LogP contribution is 2.37. The van der Waals surface area contributed by atoms with E-state index in [4.69, 9.17) is 10.7 Å². The van der Waals surface area contributed by atoms with Crippen LogP contribution in [0, 0.1) is 0 Å². The Morgan fingerprint density at radius 2 is 1.95 bits per heavy atom. The summed E-state index contributed by atoms with van der Waals surface area (Å²) in [4.78, 5) is 9.42. The van der Waals surface area contributed by atoms with Crippen LogP contribution in [0.5, 0.6) is 0 Å². The summed E-state index contributed by atoms with van der Waals surface area (Å²) in [6, 6.07) is 4.24. The monoisotopic (exact) mass is 276 g/mol.